The molecule has 1 fully saturated rings. The number of aromatic nitrogens is 1. The minimum atomic E-state index is -0.966. The SMILES string of the molecule is CN1CC(Nc2ncc(C(=O)O)s2)CCC1=O. The van der Waals surface area contributed by atoms with Gasteiger partial charge in [0.1, 0.15) is 4.88 Å². The summed E-state index contributed by atoms with van der Waals surface area (Å²) in [4.78, 5) is 27.9. The lowest BCUT2D eigenvalue weighted by Crippen LogP contribution is -2.43. The third-order valence-electron chi connectivity index (χ3n) is 2.67. The van der Waals surface area contributed by atoms with Crippen molar-refractivity contribution in [2.75, 3.05) is 18.9 Å². The highest BCUT2D eigenvalue weighted by Crippen LogP contribution is 2.21. The molecule has 0 radical (unpaired) electrons. The Kier molecular flexibility index (Phi) is 3.28. The Morgan fingerprint density at radius 3 is 3.06 bits per heavy atom. The molecule has 7 heteroatoms. The van der Waals surface area contributed by atoms with Crippen molar-refractivity contribution < 1.29 is 14.7 Å². The van der Waals surface area contributed by atoms with Gasteiger partial charge in [0.15, 0.2) is 5.13 Å². The lowest BCUT2D eigenvalue weighted by molar-refractivity contribution is -0.132. The van der Waals surface area contributed by atoms with E-state index in [1.807, 2.05) is 0 Å². The third-order valence-corrected chi connectivity index (χ3v) is 3.59. The van der Waals surface area contributed by atoms with E-state index in [0.717, 1.165) is 17.8 Å². The van der Waals surface area contributed by atoms with Crippen LogP contribution in [-0.2, 0) is 4.79 Å². The summed E-state index contributed by atoms with van der Waals surface area (Å²) in [5.41, 5.74) is 0. The van der Waals surface area contributed by atoms with Crippen LogP contribution in [0.4, 0.5) is 5.13 Å². The van der Waals surface area contributed by atoms with Crippen LogP contribution in [0.1, 0.15) is 22.5 Å². The number of hydrogen-bond acceptors (Lipinski definition) is 5. The number of anilines is 1. The number of thiazole rings is 1. The van der Waals surface area contributed by atoms with Crippen LogP contribution in [0.3, 0.4) is 0 Å². The summed E-state index contributed by atoms with van der Waals surface area (Å²) < 4.78 is 0. The largest absolute Gasteiger partial charge is 0.477 e. The minimum absolute atomic E-state index is 0.144. The van der Waals surface area contributed by atoms with Crippen LogP contribution in [0.2, 0.25) is 0 Å². The standard InChI is InChI=1S/C10H13N3O3S/c1-13-5-6(2-3-8(13)14)12-10-11-4-7(17-10)9(15)16/h4,6H,2-3,5H2,1H3,(H,11,12)(H,15,16). The molecule has 92 valence electrons. The quantitative estimate of drug-likeness (QED) is 0.837. The Balaban J connectivity index is 1.96. The summed E-state index contributed by atoms with van der Waals surface area (Å²) in [6, 6.07) is 0.144. The normalized spacial score (nSPS) is 20.4. The lowest BCUT2D eigenvalue weighted by atomic mass is 10.1. The van der Waals surface area contributed by atoms with E-state index in [2.05, 4.69) is 10.3 Å². The van der Waals surface area contributed by atoms with Gasteiger partial charge >= 0.3 is 5.97 Å². The zero-order valence-electron chi connectivity index (χ0n) is 9.34. The van der Waals surface area contributed by atoms with E-state index < -0.39 is 5.97 Å². The summed E-state index contributed by atoms with van der Waals surface area (Å²) in [5, 5.41) is 12.5. The topological polar surface area (TPSA) is 82.5 Å². The number of carboxylic acids is 1. The first-order chi connectivity index (χ1) is 8.06. The van der Waals surface area contributed by atoms with Crippen LogP contribution in [-0.4, -0.2) is 46.5 Å². The predicted octanol–water partition coefficient (Wildman–Crippen LogP) is 0.874. The first-order valence-electron chi connectivity index (χ1n) is 5.26. The molecule has 1 aliphatic heterocycles. The second-order valence-corrected chi connectivity index (χ2v) is 5.02. The second-order valence-electron chi connectivity index (χ2n) is 3.99. The van der Waals surface area contributed by atoms with Crippen LogP contribution in [0, 0.1) is 0 Å². The molecule has 1 atom stereocenters. The molecular weight excluding hydrogens is 242 g/mol. The van der Waals surface area contributed by atoms with Crippen molar-refractivity contribution in [2.45, 2.75) is 18.9 Å². The van der Waals surface area contributed by atoms with Gasteiger partial charge in [-0.15, -0.1) is 0 Å². The molecule has 17 heavy (non-hydrogen) atoms. The van der Waals surface area contributed by atoms with Crippen molar-refractivity contribution in [3.8, 4) is 0 Å². The number of likely N-dealkylation sites (N-methyl/N-ethyl adjacent to an activating group) is 1. The Hall–Kier alpha value is -1.63. The number of likely N-dealkylation sites (tertiary alicyclic amines) is 1. The second kappa shape index (κ2) is 4.70. The van der Waals surface area contributed by atoms with Crippen molar-refractivity contribution in [1.82, 2.24) is 9.88 Å². The predicted molar refractivity (Wildman–Crippen MR) is 63.4 cm³/mol. The molecule has 1 aliphatic rings. The van der Waals surface area contributed by atoms with Gasteiger partial charge in [-0.05, 0) is 6.42 Å². The molecule has 1 amide bonds. The van der Waals surface area contributed by atoms with Gasteiger partial charge in [0.05, 0.1) is 6.20 Å². The Labute approximate surface area is 102 Å². The average Bonchev–Trinajstić information content (AvgIpc) is 2.72. The maximum atomic E-state index is 11.3. The molecule has 2 heterocycles. The van der Waals surface area contributed by atoms with E-state index in [9.17, 15) is 9.59 Å². The summed E-state index contributed by atoms with van der Waals surface area (Å²) in [6.45, 7) is 0.626. The first kappa shape index (κ1) is 11.8. The fraction of sp³-hybridized carbons (Fsp3) is 0.500. The molecule has 0 bridgehead atoms. The minimum Gasteiger partial charge on any atom is -0.477 e. The van der Waals surface area contributed by atoms with Crippen LogP contribution >= 0.6 is 11.3 Å². The van der Waals surface area contributed by atoms with Crippen LogP contribution in [0.5, 0.6) is 0 Å². The molecule has 1 aromatic rings. The number of nitrogens with zero attached hydrogens (tertiary/aromatic N) is 2. The number of hydrogen-bond donors (Lipinski definition) is 2. The van der Waals surface area contributed by atoms with Gasteiger partial charge in [-0.1, -0.05) is 11.3 Å². The van der Waals surface area contributed by atoms with Gasteiger partial charge in [0.25, 0.3) is 0 Å². The number of carboxylic acid groups (broad SMARTS) is 1. The summed E-state index contributed by atoms with van der Waals surface area (Å²) >= 11 is 1.11. The Bertz CT molecular complexity index is 446. The Morgan fingerprint density at radius 2 is 2.47 bits per heavy atom. The fourth-order valence-electron chi connectivity index (χ4n) is 1.74. The van der Waals surface area contributed by atoms with Gasteiger partial charge < -0.3 is 15.3 Å². The van der Waals surface area contributed by atoms with Gasteiger partial charge in [0, 0.05) is 26.1 Å². The van der Waals surface area contributed by atoms with Crippen LogP contribution in [0.15, 0.2) is 6.20 Å². The molecule has 1 saturated heterocycles. The third kappa shape index (κ3) is 2.73. The molecule has 2 rings (SSSR count). The van der Waals surface area contributed by atoms with E-state index in [-0.39, 0.29) is 16.8 Å². The highest BCUT2D eigenvalue weighted by atomic mass is 32.1. The summed E-state index contributed by atoms with van der Waals surface area (Å²) in [5.74, 6) is -0.820. The monoisotopic (exact) mass is 255 g/mol. The zero-order valence-corrected chi connectivity index (χ0v) is 10.2. The summed E-state index contributed by atoms with van der Waals surface area (Å²) in [6.07, 6.45) is 2.61. The number of amides is 1. The highest BCUT2D eigenvalue weighted by Gasteiger charge is 2.23. The number of aromatic carboxylic acids is 1. The van der Waals surface area contributed by atoms with Crippen LogP contribution < -0.4 is 5.32 Å². The Morgan fingerprint density at radius 1 is 1.71 bits per heavy atom. The number of carbonyl (C=O) groups excluding carboxylic acids is 1. The molecule has 1 aromatic heterocycles. The van der Waals surface area contributed by atoms with Crippen LogP contribution in [0.25, 0.3) is 0 Å². The fourth-order valence-corrected chi connectivity index (χ4v) is 2.48. The van der Waals surface area contributed by atoms with Gasteiger partial charge in [-0.25, -0.2) is 9.78 Å². The number of piperidine rings is 1. The molecule has 1 unspecified atom stereocenters. The van der Waals surface area contributed by atoms with Gasteiger partial charge in [-0.2, -0.15) is 0 Å². The van der Waals surface area contributed by atoms with Crippen molar-refractivity contribution in [3.63, 3.8) is 0 Å². The smallest absolute Gasteiger partial charge is 0.347 e. The molecule has 0 aliphatic carbocycles. The molecular formula is C10H13N3O3S. The van der Waals surface area contributed by atoms with E-state index in [0.29, 0.717) is 18.1 Å². The number of nitrogens with one attached hydrogen (secondary N) is 1. The number of rotatable bonds is 3. The highest BCUT2D eigenvalue weighted by molar-refractivity contribution is 7.17. The van der Waals surface area contributed by atoms with Gasteiger partial charge in [-0.3, -0.25) is 4.79 Å². The van der Waals surface area contributed by atoms with Crippen molar-refractivity contribution in [3.05, 3.63) is 11.1 Å². The van der Waals surface area contributed by atoms with Crippen molar-refractivity contribution in [1.29, 1.82) is 0 Å². The van der Waals surface area contributed by atoms with E-state index in [1.54, 1.807) is 11.9 Å². The molecule has 6 nitrogen and oxygen atoms in total. The van der Waals surface area contributed by atoms with Crippen molar-refractivity contribution >= 4 is 28.3 Å². The maximum absolute atomic E-state index is 11.3. The lowest BCUT2D eigenvalue weighted by Gasteiger charge is -2.29. The van der Waals surface area contributed by atoms with Crippen molar-refractivity contribution in [2.24, 2.45) is 0 Å². The van der Waals surface area contributed by atoms with E-state index in [1.165, 1.54) is 6.20 Å². The first-order valence-corrected chi connectivity index (χ1v) is 6.07. The van der Waals surface area contributed by atoms with E-state index >= 15 is 0 Å². The molecule has 0 spiro atoms. The summed E-state index contributed by atoms with van der Waals surface area (Å²) in [7, 11) is 1.76. The molecule has 0 aromatic carbocycles. The molecule has 0 saturated carbocycles. The number of carbonyl (C=O) groups is 2. The molecule has 2 N–H and O–H groups in total. The average molecular weight is 255 g/mol. The van der Waals surface area contributed by atoms with Gasteiger partial charge in [0.2, 0.25) is 5.91 Å². The zero-order chi connectivity index (χ0) is 12.4. The maximum Gasteiger partial charge on any atom is 0.347 e. The van der Waals surface area contributed by atoms with E-state index in [4.69, 9.17) is 5.11 Å².